The number of aromatic nitrogens is 3. The summed E-state index contributed by atoms with van der Waals surface area (Å²) in [6.07, 6.45) is -10.7. The normalized spacial score (nSPS) is 16.8. The largest absolute Gasteiger partial charge is 0.418 e. The molecule has 0 radical (unpaired) electrons. The van der Waals surface area contributed by atoms with E-state index in [1.165, 1.54) is 13.0 Å². The molecule has 30 heavy (non-hydrogen) atoms. The summed E-state index contributed by atoms with van der Waals surface area (Å²) in [4.78, 5) is 4.21. The second-order valence-corrected chi connectivity index (χ2v) is 7.12. The van der Waals surface area contributed by atoms with Gasteiger partial charge < -0.3 is 10.4 Å². The molecule has 3 heterocycles. The third-order valence-corrected chi connectivity index (χ3v) is 4.98. The molecular formula is C19H16F6N4O. The minimum atomic E-state index is -4.84. The molecule has 0 saturated carbocycles. The maximum atomic E-state index is 13.9. The van der Waals surface area contributed by atoms with Crippen molar-refractivity contribution in [2.45, 2.75) is 45.3 Å². The lowest BCUT2D eigenvalue weighted by molar-refractivity contribution is -0.137. The van der Waals surface area contributed by atoms with E-state index in [-0.39, 0.29) is 40.3 Å². The summed E-state index contributed by atoms with van der Waals surface area (Å²) in [5.74, 6) is 0.271. The van der Waals surface area contributed by atoms with Crippen molar-refractivity contribution >= 4 is 11.3 Å². The average Bonchev–Trinajstić information content (AvgIpc) is 3.21. The van der Waals surface area contributed by atoms with Gasteiger partial charge in [-0.3, -0.25) is 0 Å². The number of benzene rings is 1. The molecule has 0 spiro atoms. The van der Waals surface area contributed by atoms with Gasteiger partial charge in [0, 0.05) is 18.4 Å². The Hall–Kier alpha value is -2.82. The second-order valence-electron chi connectivity index (χ2n) is 7.12. The Kier molecular flexibility index (Phi) is 4.49. The quantitative estimate of drug-likeness (QED) is 0.584. The van der Waals surface area contributed by atoms with Crippen molar-refractivity contribution in [3.05, 3.63) is 46.3 Å². The van der Waals surface area contributed by atoms with Crippen LogP contribution in [0, 0.1) is 6.92 Å². The molecule has 2 N–H and O–H groups in total. The van der Waals surface area contributed by atoms with Crippen LogP contribution in [0.2, 0.25) is 0 Å². The number of hydrogen-bond donors (Lipinski definition) is 2. The van der Waals surface area contributed by atoms with Crippen LogP contribution in [0.25, 0.3) is 16.9 Å². The predicted octanol–water partition coefficient (Wildman–Crippen LogP) is 4.59. The lowest BCUT2D eigenvalue weighted by atomic mass is 9.97. The third kappa shape index (κ3) is 3.26. The Morgan fingerprint density at radius 2 is 1.77 bits per heavy atom. The lowest BCUT2D eigenvalue weighted by Crippen LogP contribution is -2.16. The Labute approximate surface area is 166 Å². The molecule has 0 fully saturated rings. The van der Waals surface area contributed by atoms with E-state index < -0.39 is 35.4 Å². The number of nitrogens with zero attached hydrogens (tertiary/aromatic N) is 3. The maximum absolute atomic E-state index is 13.9. The summed E-state index contributed by atoms with van der Waals surface area (Å²) in [6, 6.07) is 2.74. The van der Waals surface area contributed by atoms with E-state index in [1.807, 2.05) is 0 Å². The highest BCUT2D eigenvalue weighted by molar-refractivity contribution is 5.76. The Morgan fingerprint density at radius 3 is 2.37 bits per heavy atom. The lowest BCUT2D eigenvalue weighted by Gasteiger charge is -2.19. The molecule has 0 amide bonds. The number of aliphatic hydroxyl groups excluding tert-OH is 1. The maximum Gasteiger partial charge on any atom is 0.418 e. The van der Waals surface area contributed by atoms with Crippen LogP contribution >= 0.6 is 0 Å². The number of pyridine rings is 1. The molecule has 5 nitrogen and oxygen atoms in total. The summed E-state index contributed by atoms with van der Waals surface area (Å²) >= 11 is 0. The van der Waals surface area contributed by atoms with Crippen LogP contribution < -0.4 is 5.32 Å². The van der Waals surface area contributed by atoms with Crippen molar-refractivity contribution in [1.82, 2.24) is 14.6 Å². The Morgan fingerprint density at radius 1 is 1.10 bits per heavy atom. The van der Waals surface area contributed by atoms with E-state index in [2.05, 4.69) is 15.4 Å². The van der Waals surface area contributed by atoms with E-state index >= 15 is 0 Å². The van der Waals surface area contributed by atoms with Crippen LogP contribution in [-0.2, 0) is 25.2 Å². The first-order valence-corrected chi connectivity index (χ1v) is 9.05. The molecule has 1 aliphatic heterocycles. The second kappa shape index (κ2) is 6.59. The van der Waals surface area contributed by atoms with Gasteiger partial charge in [-0.15, -0.1) is 0 Å². The summed E-state index contributed by atoms with van der Waals surface area (Å²) in [6.45, 7) is 3.16. The van der Waals surface area contributed by atoms with Crippen molar-refractivity contribution in [3.8, 4) is 11.3 Å². The minimum absolute atomic E-state index is 0.0741. The third-order valence-electron chi connectivity index (χ3n) is 4.98. The fourth-order valence-corrected chi connectivity index (χ4v) is 3.69. The zero-order chi connectivity index (χ0) is 22.0. The first-order chi connectivity index (χ1) is 13.9. The number of halogens is 6. The van der Waals surface area contributed by atoms with E-state index in [1.54, 1.807) is 6.92 Å². The molecule has 0 bridgehead atoms. The van der Waals surface area contributed by atoms with Crippen LogP contribution in [0.3, 0.4) is 0 Å². The summed E-state index contributed by atoms with van der Waals surface area (Å²) in [5, 5.41) is 16.2. The standard InChI is InChI=1S/C19H16F6N4O/c1-3-13-26-17-8(2)4-12(19(23,24)25)16(29(17)28-13)10-5-9-7-14(30)27-15(9)11(6-10)18(20,21)22/h4-6,14,27,30H,3,7H2,1-2H3. The molecule has 2 aromatic heterocycles. The van der Waals surface area contributed by atoms with Crippen LogP contribution in [0.1, 0.15) is 35.0 Å². The number of nitrogens with one attached hydrogen (secondary N) is 1. The van der Waals surface area contributed by atoms with Gasteiger partial charge >= 0.3 is 12.4 Å². The first kappa shape index (κ1) is 20.5. The van der Waals surface area contributed by atoms with Gasteiger partial charge in [-0.05, 0) is 36.2 Å². The van der Waals surface area contributed by atoms with Gasteiger partial charge in [0.1, 0.15) is 6.23 Å². The first-order valence-electron chi connectivity index (χ1n) is 9.05. The van der Waals surface area contributed by atoms with Gasteiger partial charge in [-0.25, -0.2) is 9.50 Å². The molecule has 11 heteroatoms. The van der Waals surface area contributed by atoms with E-state index in [4.69, 9.17) is 0 Å². The summed E-state index contributed by atoms with van der Waals surface area (Å²) < 4.78 is 83.5. The summed E-state index contributed by atoms with van der Waals surface area (Å²) in [7, 11) is 0. The minimum Gasteiger partial charge on any atom is -0.373 e. The SMILES string of the molecule is CCc1nc2c(C)cc(C(F)(F)F)c(-c3cc4c(c(C(F)(F)F)c3)NC(O)C4)n2n1. The predicted molar refractivity (Wildman–Crippen MR) is 95.9 cm³/mol. The molecule has 1 aromatic carbocycles. The van der Waals surface area contributed by atoms with Crippen molar-refractivity contribution in [2.75, 3.05) is 5.32 Å². The molecule has 0 aliphatic carbocycles. The molecule has 4 rings (SSSR count). The molecule has 3 aromatic rings. The Balaban J connectivity index is 2.10. The number of aliphatic hydroxyl groups is 1. The Bertz CT molecular complexity index is 1150. The van der Waals surface area contributed by atoms with Gasteiger partial charge in [0.2, 0.25) is 0 Å². The molecular weight excluding hydrogens is 414 g/mol. The number of alkyl halides is 6. The van der Waals surface area contributed by atoms with E-state index in [9.17, 15) is 31.4 Å². The molecule has 1 aliphatic rings. The van der Waals surface area contributed by atoms with Crippen molar-refractivity contribution in [1.29, 1.82) is 0 Å². The van der Waals surface area contributed by atoms with Crippen LogP contribution in [0.15, 0.2) is 18.2 Å². The molecule has 1 atom stereocenters. The number of anilines is 1. The summed E-state index contributed by atoms with van der Waals surface area (Å²) in [5.41, 5.74) is -3.00. The van der Waals surface area contributed by atoms with Crippen molar-refractivity contribution in [2.24, 2.45) is 0 Å². The van der Waals surface area contributed by atoms with E-state index in [0.29, 0.717) is 12.5 Å². The van der Waals surface area contributed by atoms with Crippen LogP contribution in [0.5, 0.6) is 0 Å². The van der Waals surface area contributed by atoms with Gasteiger partial charge in [-0.1, -0.05) is 6.92 Å². The fraction of sp³-hybridized carbons (Fsp3) is 0.368. The number of aryl methyl sites for hydroxylation is 2. The van der Waals surface area contributed by atoms with Crippen LogP contribution in [-0.4, -0.2) is 25.9 Å². The molecule has 160 valence electrons. The highest BCUT2D eigenvalue weighted by atomic mass is 19.4. The average molecular weight is 430 g/mol. The monoisotopic (exact) mass is 430 g/mol. The van der Waals surface area contributed by atoms with Gasteiger partial charge in [-0.2, -0.15) is 31.4 Å². The highest BCUT2D eigenvalue weighted by Gasteiger charge is 2.40. The zero-order valence-corrected chi connectivity index (χ0v) is 15.8. The molecule has 1 unspecified atom stereocenters. The zero-order valence-electron chi connectivity index (χ0n) is 15.8. The van der Waals surface area contributed by atoms with Gasteiger partial charge in [0.05, 0.1) is 22.5 Å². The van der Waals surface area contributed by atoms with Gasteiger partial charge in [0.25, 0.3) is 0 Å². The number of rotatable bonds is 2. The fourth-order valence-electron chi connectivity index (χ4n) is 3.69. The number of fused-ring (bicyclic) bond motifs is 2. The smallest absolute Gasteiger partial charge is 0.373 e. The number of hydrogen-bond acceptors (Lipinski definition) is 4. The van der Waals surface area contributed by atoms with Crippen molar-refractivity contribution < 1.29 is 31.4 Å². The topological polar surface area (TPSA) is 62.5 Å². The van der Waals surface area contributed by atoms with Crippen LogP contribution in [0.4, 0.5) is 32.0 Å². The van der Waals surface area contributed by atoms with Gasteiger partial charge in [0.15, 0.2) is 11.5 Å². The molecule has 0 saturated heterocycles. The van der Waals surface area contributed by atoms with E-state index in [0.717, 1.165) is 10.6 Å². The highest BCUT2D eigenvalue weighted by Crippen LogP contribution is 2.45. The van der Waals surface area contributed by atoms with Crippen molar-refractivity contribution in [3.63, 3.8) is 0 Å².